The van der Waals surface area contributed by atoms with E-state index in [1.807, 2.05) is 39.0 Å². The van der Waals surface area contributed by atoms with Gasteiger partial charge < -0.3 is 20.6 Å². The second-order valence-electron chi connectivity index (χ2n) is 8.07. The van der Waals surface area contributed by atoms with Crippen LogP contribution in [0.1, 0.15) is 51.8 Å². The third kappa shape index (κ3) is 9.34. The van der Waals surface area contributed by atoms with Crippen molar-refractivity contribution in [3.05, 3.63) is 58.8 Å². The molecule has 1 aromatic carbocycles. The van der Waals surface area contributed by atoms with E-state index in [2.05, 4.69) is 52.1 Å². The SMILES string of the molecule is C=C(/C=C(/NCCCN(C)C(=O)NC(C)C)n1ncc(Br)c1C)c1ccccc1O.CCC. The Hall–Kier alpha value is -2.74. The van der Waals surface area contributed by atoms with Crippen molar-refractivity contribution in [3.63, 3.8) is 0 Å². The summed E-state index contributed by atoms with van der Waals surface area (Å²) in [5.41, 5.74) is 2.26. The standard InChI is InChI=1S/C22H30BrN5O2.C3H8/c1-15(2)26-22(30)27(5)12-8-11-24-21(28-17(4)19(23)14-25-28)13-16(3)18-9-6-7-10-20(18)29;1-3-2/h6-7,9-10,13-15,24,29H,3,8,11-12H2,1-2,4-5H3,(H,26,30);3H2,1-2H3/b21-13-;. The monoisotopic (exact) mass is 519 g/mol. The van der Waals surface area contributed by atoms with Gasteiger partial charge in [0, 0.05) is 31.7 Å². The Balaban J connectivity index is 0.00000172. The number of rotatable bonds is 9. The van der Waals surface area contributed by atoms with Crippen LogP contribution in [0, 0.1) is 6.92 Å². The molecule has 0 aliphatic heterocycles. The topological polar surface area (TPSA) is 82.4 Å². The molecule has 182 valence electrons. The fourth-order valence-corrected chi connectivity index (χ4v) is 3.06. The Morgan fingerprint density at radius 2 is 1.97 bits per heavy atom. The van der Waals surface area contributed by atoms with Crippen LogP contribution in [0.4, 0.5) is 4.79 Å². The maximum atomic E-state index is 12.0. The summed E-state index contributed by atoms with van der Waals surface area (Å²) in [5, 5.41) is 20.8. The van der Waals surface area contributed by atoms with Crippen molar-refractivity contribution >= 4 is 33.4 Å². The van der Waals surface area contributed by atoms with Crippen molar-refractivity contribution in [2.75, 3.05) is 20.1 Å². The largest absolute Gasteiger partial charge is 0.507 e. The minimum absolute atomic E-state index is 0.0828. The maximum Gasteiger partial charge on any atom is 0.317 e. The third-order valence-electron chi connectivity index (χ3n) is 4.47. The molecule has 0 fully saturated rings. The number of carbonyl (C=O) groups excluding carboxylic acids is 1. The number of carbonyl (C=O) groups is 1. The van der Waals surface area contributed by atoms with Crippen LogP contribution < -0.4 is 10.6 Å². The minimum Gasteiger partial charge on any atom is -0.507 e. The first-order valence-electron chi connectivity index (χ1n) is 11.3. The number of nitrogens with zero attached hydrogens (tertiary/aromatic N) is 3. The number of halogens is 1. The highest BCUT2D eigenvalue weighted by Gasteiger charge is 2.12. The van der Waals surface area contributed by atoms with E-state index in [9.17, 15) is 9.90 Å². The number of amides is 2. The molecule has 1 aromatic heterocycles. The van der Waals surface area contributed by atoms with E-state index in [1.54, 1.807) is 35.0 Å². The third-order valence-corrected chi connectivity index (χ3v) is 5.25. The molecule has 33 heavy (non-hydrogen) atoms. The molecule has 0 radical (unpaired) electrons. The Kier molecular flexibility index (Phi) is 12.4. The molecule has 0 spiro atoms. The summed E-state index contributed by atoms with van der Waals surface area (Å²) in [6.45, 7) is 15.4. The van der Waals surface area contributed by atoms with Gasteiger partial charge in [-0.05, 0) is 60.8 Å². The van der Waals surface area contributed by atoms with Crippen molar-refractivity contribution in [3.8, 4) is 5.75 Å². The lowest BCUT2D eigenvalue weighted by Crippen LogP contribution is -2.41. The van der Waals surface area contributed by atoms with Gasteiger partial charge in [0.25, 0.3) is 0 Å². The lowest BCUT2D eigenvalue weighted by molar-refractivity contribution is 0.206. The van der Waals surface area contributed by atoms with Crippen LogP contribution in [0.2, 0.25) is 0 Å². The quantitative estimate of drug-likeness (QED) is 0.296. The molecule has 0 saturated heterocycles. The highest BCUT2D eigenvalue weighted by molar-refractivity contribution is 9.10. The summed E-state index contributed by atoms with van der Waals surface area (Å²) in [6.07, 6.45) is 5.60. The van der Waals surface area contributed by atoms with E-state index in [0.717, 1.165) is 22.4 Å². The van der Waals surface area contributed by atoms with Crippen molar-refractivity contribution in [1.29, 1.82) is 0 Å². The molecule has 0 atom stereocenters. The van der Waals surface area contributed by atoms with E-state index >= 15 is 0 Å². The van der Waals surface area contributed by atoms with Crippen LogP contribution in [-0.2, 0) is 0 Å². The molecule has 0 aliphatic carbocycles. The van der Waals surface area contributed by atoms with Crippen LogP contribution in [-0.4, -0.2) is 52.0 Å². The van der Waals surface area contributed by atoms with Crippen LogP contribution in [0.25, 0.3) is 11.4 Å². The fourth-order valence-electron chi connectivity index (χ4n) is 2.80. The molecule has 3 N–H and O–H groups in total. The van der Waals surface area contributed by atoms with E-state index in [-0.39, 0.29) is 17.8 Å². The molecular weight excluding hydrogens is 482 g/mol. The van der Waals surface area contributed by atoms with Gasteiger partial charge >= 0.3 is 6.03 Å². The average molecular weight is 521 g/mol. The fraction of sp³-hybridized carbons (Fsp3) is 0.440. The number of benzene rings is 1. The van der Waals surface area contributed by atoms with Crippen molar-refractivity contribution in [2.45, 2.75) is 53.5 Å². The van der Waals surface area contributed by atoms with Gasteiger partial charge in [-0.1, -0.05) is 45.0 Å². The molecule has 2 aromatic rings. The summed E-state index contributed by atoms with van der Waals surface area (Å²) >= 11 is 3.49. The van der Waals surface area contributed by atoms with Crippen LogP contribution >= 0.6 is 15.9 Å². The molecular formula is C25H38BrN5O2. The zero-order valence-electron chi connectivity index (χ0n) is 20.7. The van der Waals surface area contributed by atoms with Gasteiger partial charge in [0.05, 0.1) is 16.4 Å². The van der Waals surface area contributed by atoms with Crippen LogP contribution in [0.5, 0.6) is 5.75 Å². The zero-order chi connectivity index (χ0) is 25.0. The molecule has 2 amide bonds. The van der Waals surface area contributed by atoms with Gasteiger partial charge in [0.1, 0.15) is 11.6 Å². The second-order valence-corrected chi connectivity index (χ2v) is 8.93. The lowest BCUT2D eigenvalue weighted by atomic mass is 10.1. The van der Waals surface area contributed by atoms with Crippen LogP contribution in [0.3, 0.4) is 0 Å². The molecule has 0 bridgehead atoms. The number of urea groups is 1. The molecule has 7 nitrogen and oxygen atoms in total. The molecule has 0 unspecified atom stereocenters. The highest BCUT2D eigenvalue weighted by atomic mass is 79.9. The summed E-state index contributed by atoms with van der Waals surface area (Å²) in [6, 6.07) is 7.11. The first-order valence-corrected chi connectivity index (χ1v) is 12.1. The predicted octanol–water partition coefficient (Wildman–Crippen LogP) is 5.62. The summed E-state index contributed by atoms with van der Waals surface area (Å²) in [7, 11) is 1.78. The van der Waals surface area contributed by atoms with Crippen molar-refractivity contribution < 1.29 is 9.90 Å². The Morgan fingerprint density at radius 3 is 2.52 bits per heavy atom. The zero-order valence-corrected chi connectivity index (χ0v) is 22.2. The normalized spacial score (nSPS) is 11.0. The number of phenolic OH excluding ortho intramolecular Hbond substituents is 1. The Labute approximate surface area is 206 Å². The minimum atomic E-state index is -0.0828. The van der Waals surface area contributed by atoms with Gasteiger partial charge in [0.2, 0.25) is 0 Å². The predicted molar refractivity (Wildman–Crippen MR) is 141 cm³/mol. The first-order chi connectivity index (χ1) is 15.6. The van der Waals surface area contributed by atoms with E-state index in [4.69, 9.17) is 0 Å². The first kappa shape index (κ1) is 28.3. The molecule has 2 rings (SSSR count). The van der Waals surface area contributed by atoms with Gasteiger partial charge in [0.15, 0.2) is 0 Å². The van der Waals surface area contributed by atoms with Gasteiger partial charge in [-0.2, -0.15) is 5.10 Å². The van der Waals surface area contributed by atoms with E-state index < -0.39 is 0 Å². The number of aromatic nitrogens is 2. The second kappa shape index (κ2) is 14.4. The average Bonchev–Trinajstić information content (AvgIpc) is 3.08. The Morgan fingerprint density at radius 1 is 1.33 bits per heavy atom. The highest BCUT2D eigenvalue weighted by Crippen LogP contribution is 2.26. The van der Waals surface area contributed by atoms with Crippen LogP contribution in [0.15, 0.2) is 47.6 Å². The number of para-hydroxylation sites is 1. The summed E-state index contributed by atoms with van der Waals surface area (Å²) in [5.74, 6) is 0.912. The number of aromatic hydroxyl groups is 1. The Bertz CT molecular complexity index is 937. The smallest absolute Gasteiger partial charge is 0.317 e. The summed E-state index contributed by atoms with van der Waals surface area (Å²) < 4.78 is 2.68. The van der Waals surface area contributed by atoms with Crippen molar-refractivity contribution in [2.24, 2.45) is 0 Å². The number of nitrogens with one attached hydrogen (secondary N) is 2. The summed E-state index contributed by atoms with van der Waals surface area (Å²) in [4.78, 5) is 13.7. The number of hydrogen-bond donors (Lipinski definition) is 3. The molecule has 8 heteroatoms. The van der Waals surface area contributed by atoms with Gasteiger partial charge in [-0.3, -0.25) is 0 Å². The molecule has 1 heterocycles. The number of phenols is 1. The molecule has 0 aliphatic rings. The van der Waals surface area contributed by atoms with Crippen molar-refractivity contribution in [1.82, 2.24) is 25.3 Å². The van der Waals surface area contributed by atoms with E-state index in [1.165, 1.54) is 6.42 Å². The maximum absolute atomic E-state index is 12.0. The molecule has 0 saturated carbocycles. The number of hydrogen-bond acceptors (Lipinski definition) is 4. The van der Waals surface area contributed by atoms with E-state index in [0.29, 0.717) is 24.2 Å². The van der Waals surface area contributed by atoms with Gasteiger partial charge in [-0.15, -0.1) is 0 Å². The van der Waals surface area contributed by atoms with Gasteiger partial charge in [-0.25, -0.2) is 9.48 Å². The lowest BCUT2D eigenvalue weighted by Gasteiger charge is -2.20. The number of allylic oxidation sites excluding steroid dienone is 2.